The predicted molar refractivity (Wildman–Crippen MR) is 171 cm³/mol. The first-order valence-electron chi connectivity index (χ1n) is 13.5. The monoisotopic (exact) mass is 606 g/mol. The molecule has 4 aromatic carbocycles. The number of carbonyl (C=O) groups excluding carboxylic acids is 1. The van der Waals surface area contributed by atoms with Crippen molar-refractivity contribution in [1.82, 2.24) is 9.78 Å². The summed E-state index contributed by atoms with van der Waals surface area (Å²) in [5.74, 6) is 1.42. The molecule has 0 spiro atoms. The Balaban J connectivity index is 1.47. The molecule has 7 rings (SSSR count). The summed E-state index contributed by atoms with van der Waals surface area (Å²) in [6.07, 6.45) is 0. The topological polar surface area (TPSA) is 84.1 Å². The number of anilines is 2. The van der Waals surface area contributed by atoms with E-state index in [1.165, 1.54) is 7.11 Å². The molecule has 0 bridgehead atoms. The molecule has 0 fully saturated rings. The van der Waals surface area contributed by atoms with Gasteiger partial charge in [0.1, 0.15) is 0 Å². The van der Waals surface area contributed by atoms with Crippen molar-refractivity contribution in [3.8, 4) is 5.69 Å². The number of aryl methyl sites for hydroxylation is 1. The summed E-state index contributed by atoms with van der Waals surface area (Å²) in [6, 6.07) is 30.2. The summed E-state index contributed by atoms with van der Waals surface area (Å²) in [7, 11) is 1.37. The Labute approximate surface area is 257 Å². The Morgan fingerprint density at radius 1 is 0.884 bits per heavy atom. The summed E-state index contributed by atoms with van der Waals surface area (Å²) >= 11 is 12.7. The van der Waals surface area contributed by atoms with Crippen molar-refractivity contribution in [2.45, 2.75) is 13.0 Å². The maximum Gasteiger partial charge on any atom is 0.337 e. The summed E-state index contributed by atoms with van der Waals surface area (Å²) in [5.41, 5.74) is 6.40. The molecule has 212 valence electrons. The molecule has 0 saturated carbocycles. The molecule has 0 saturated heterocycles. The standard InChI is InChI=1S/C33H24Cl2N6O2/c1-19-28-29(20-12-14-21(15-13-20)33(42)43-2)40-27-11-7-6-10-26(27)37-30(36-24-17-22(34)16-23(35)18-24)32(40)38-31(28)41(39-19)25-8-4-3-5-9-25/h3-18,29H,1-2H3,(H,36,37)/t29-/m1/s1. The zero-order valence-corrected chi connectivity index (χ0v) is 24.6. The lowest BCUT2D eigenvalue weighted by atomic mass is 9.92. The van der Waals surface area contributed by atoms with Crippen LogP contribution in [0.15, 0.2) is 107 Å². The predicted octanol–water partition coefficient (Wildman–Crippen LogP) is 8.07. The number of carbonyl (C=O) groups is 1. The van der Waals surface area contributed by atoms with E-state index in [9.17, 15) is 4.79 Å². The average molecular weight is 608 g/mol. The van der Waals surface area contributed by atoms with Crippen LogP contribution in [0.5, 0.6) is 0 Å². The molecule has 0 unspecified atom stereocenters. The van der Waals surface area contributed by atoms with Crippen LogP contribution in [0.25, 0.3) is 5.69 Å². The van der Waals surface area contributed by atoms with Crippen molar-refractivity contribution < 1.29 is 9.53 Å². The van der Waals surface area contributed by atoms with E-state index in [1.807, 2.05) is 78.3 Å². The van der Waals surface area contributed by atoms with Gasteiger partial charge in [0, 0.05) is 21.3 Å². The number of nitrogens with zero attached hydrogens (tertiary/aromatic N) is 5. The van der Waals surface area contributed by atoms with Crippen molar-refractivity contribution in [1.29, 1.82) is 0 Å². The number of rotatable bonds is 4. The number of benzene rings is 4. The maximum atomic E-state index is 12.3. The number of hydrogen-bond donors (Lipinski definition) is 1. The van der Waals surface area contributed by atoms with Crippen molar-refractivity contribution in [3.63, 3.8) is 0 Å². The number of methoxy groups -OCH3 is 1. The van der Waals surface area contributed by atoms with Gasteiger partial charge < -0.3 is 15.0 Å². The van der Waals surface area contributed by atoms with Crippen molar-refractivity contribution >= 4 is 63.7 Å². The van der Waals surface area contributed by atoms with Gasteiger partial charge in [0.05, 0.1) is 41.5 Å². The lowest BCUT2D eigenvalue weighted by molar-refractivity contribution is 0.0600. The van der Waals surface area contributed by atoms with Crippen LogP contribution in [0.4, 0.5) is 22.9 Å². The fraction of sp³-hybridized carbons (Fsp3) is 0.0909. The van der Waals surface area contributed by atoms with E-state index in [-0.39, 0.29) is 6.04 Å². The first-order chi connectivity index (χ1) is 20.9. The second-order valence-corrected chi connectivity index (χ2v) is 11.0. The number of hydrogen-bond acceptors (Lipinski definition) is 7. The van der Waals surface area contributed by atoms with E-state index in [4.69, 9.17) is 43.0 Å². The molecular formula is C33H24Cl2N6O2. The molecule has 1 N–H and O–H groups in total. The molecule has 0 amide bonds. The number of aromatic nitrogens is 2. The van der Waals surface area contributed by atoms with E-state index in [0.29, 0.717) is 38.8 Å². The first kappa shape index (κ1) is 26.9. The minimum atomic E-state index is -0.395. The highest BCUT2D eigenvalue weighted by Gasteiger charge is 2.41. The van der Waals surface area contributed by atoms with Crippen LogP contribution in [0, 0.1) is 6.92 Å². The Bertz CT molecular complexity index is 1930. The van der Waals surface area contributed by atoms with E-state index >= 15 is 0 Å². The number of esters is 1. The highest BCUT2D eigenvalue weighted by Crippen LogP contribution is 2.48. The van der Waals surface area contributed by atoms with Gasteiger partial charge in [-0.05, 0) is 67.1 Å². The highest BCUT2D eigenvalue weighted by molar-refractivity contribution is 6.52. The lowest BCUT2D eigenvalue weighted by Crippen LogP contribution is -2.46. The summed E-state index contributed by atoms with van der Waals surface area (Å²) < 4.78 is 6.80. The lowest BCUT2D eigenvalue weighted by Gasteiger charge is -2.40. The Kier molecular flexibility index (Phi) is 6.72. The van der Waals surface area contributed by atoms with Crippen molar-refractivity contribution in [2.75, 3.05) is 17.3 Å². The smallest absolute Gasteiger partial charge is 0.337 e. The molecular weight excluding hydrogens is 583 g/mol. The van der Waals surface area contributed by atoms with Gasteiger partial charge in [0.2, 0.25) is 0 Å². The minimum Gasteiger partial charge on any atom is -0.465 e. The average Bonchev–Trinajstić information content (AvgIpc) is 3.35. The van der Waals surface area contributed by atoms with Crippen LogP contribution in [0.1, 0.15) is 33.2 Å². The molecule has 10 heteroatoms. The molecule has 0 aliphatic carbocycles. The molecule has 43 heavy (non-hydrogen) atoms. The summed E-state index contributed by atoms with van der Waals surface area (Å²) in [5, 5.41) is 9.37. The normalized spacial score (nSPS) is 15.1. The fourth-order valence-corrected chi connectivity index (χ4v) is 6.07. The van der Waals surface area contributed by atoms with E-state index in [1.54, 1.807) is 30.3 Å². The zero-order valence-electron chi connectivity index (χ0n) is 23.1. The Morgan fingerprint density at radius 2 is 1.58 bits per heavy atom. The number of ether oxygens (including phenoxy) is 1. The SMILES string of the molecule is COC(=O)c1ccc([C@@H]2c3c(C)nn(-c4ccccc4)c3N=C3C(Nc4cc(Cl)cc(Cl)c4)=Nc4ccccc4N32)cc1. The van der Waals surface area contributed by atoms with Gasteiger partial charge in [-0.25, -0.2) is 19.5 Å². The molecule has 2 aliphatic rings. The number of aliphatic imine (C=N–C) groups is 2. The van der Waals surface area contributed by atoms with Crippen LogP contribution in [0.3, 0.4) is 0 Å². The second kappa shape index (κ2) is 10.7. The van der Waals surface area contributed by atoms with Gasteiger partial charge in [-0.15, -0.1) is 0 Å². The number of nitrogens with one attached hydrogen (secondary N) is 1. The van der Waals surface area contributed by atoms with Crippen LogP contribution in [0.2, 0.25) is 10.0 Å². The number of amidine groups is 2. The third kappa shape index (κ3) is 4.74. The quantitative estimate of drug-likeness (QED) is 0.209. The van der Waals surface area contributed by atoms with Crippen LogP contribution >= 0.6 is 23.2 Å². The minimum absolute atomic E-state index is 0.344. The van der Waals surface area contributed by atoms with Crippen LogP contribution in [-0.4, -0.2) is 34.5 Å². The Morgan fingerprint density at radius 3 is 2.30 bits per heavy atom. The fourth-order valence-electron chi connectivity index (χ4n) is 5.54. The molecule has 8 nitrogen and oxygen atoms in total. The first-order valence-corrected chi connectivity index (χ1v) is 14.3. The number of fused-ring (bicyclic) bond motifs is 4. The molecule has 1 aromatic heterocycles. The van der Waals surface area contributed by atoms with Crippen LogP contribution in [-0.2, 0) is 4.74 Å². The summed E-state index contributed by atoms with van der Waals surface area (Å²) in [4.78, 5) is 24.7. The molecule has 1 atom stereocenters. The van der Waals surface area contributed by atoms with E-state index in [0.717, 1.165) is 33.9 Å². The van der Waals surface area contributed by atoms with Gasteiger partial charge in [-0.3, -0.25) is 0 Å². The third-order valence-corrected chi connectivity index (χ3v) is 7.85. The van der Waals surface area contributed by atoms with E-state index in [2.05, 4.69) is 10.2 Å². The van der Waals surface area contributed by atoms with Crippen molar-refractivity contribution in [3.05, 3.63) is 129 Å². The van der Waals surface area contributed by atoms with Gasteiger partial charge in [-0.2, -0.15) is 5.10 Å². The molecule has 0 radical (unpaired) electrons. The zero-order chi connectivity index (χ0) is 29.7. The largest absolute Gasteiger partial charge is 0.465 e. The number of halogens is 2. The summed E-state index contributed by atoms with van der Waals surface area (Å²) in [6.45, 7) is 1.99. The molecule has 3 heterocycles. The second-order valence-electron chi connectivity index (χ2n) is 10.1. The third-order valence-electron chi connectivity index (χ3n) is 7.41. The van der Waals surface area contributed by atoms with Crippen molar-refractivity contribution in [2.24, 2.45) is 9.98 Å². The molecule has 2 aliphatic heterocycles. The Hall–Kier alpha value is -4.92. The number of para-hydroxylation sites is 3. The maximum absolute atomic E-state index is 12.3. The van der Waals surface area contributed by atoms with Gasteiger partial charge in [0.15, 0.2) is 17.5 Å². The highest BCUT2D eigenvalue weighted by atomic mass is 35.5. The van der Waals surface area contributed by atoms with Crippen LogP contribution < -0.4 is 10.2 Å². The van der Waals surface area contributed by atoms with E-state index < -0.39 is 5.97 Å². The molecule has 5 aromatic rings. The van der Waals surface area contributed by atoms with Gasteiger partial charge in [0.25, 0.3) is 0 Å². The van der Waals surface area contributed by atoms with Gasteiger partial charge >= 0.3 is 5.97 Å². The van der Waals surface area contributed by atoms with Gasteiger partial charge in [-0.1, -0.05) is 65.7 Å².